The van der Waals surface area contributed by atoms with Crippen molar-refractivity contribution < 1.29 is 134 Å². The van der Waals surface area contributed by atoms with Crippen molar-refractivity contribution in [3.05, 3.63) is 11.3 Å². The molecule has 0 aromatic rings. The number of allylic oxidation sites excluding steroid dienone is 2. The van der Waals surface area contributed by atoms with E-state index in [4.69, 9.17) is 0 Å². The Balaban J connectivity index is 8.47. The fourth-order valence-electron chi connectivity index (χ4n) is 3.04. The van der Waals surface area contributed by atoms with Crippen LogP contribution < -0.4 is 0 Å². The third kappa shape index (κ3) is 11.0. The molecule has 0 aromatic carbocycles. The molecule has 7 nitrogen and oxygen atoms in total. The van der Waals surface area contributed by atoms with Gasteiger partial charge in [0, 0.05) is 0 Å². The van der Waals surface area contributed by atoms with Gasteiger partial charge in [-0.2, -0.15) is 0 Å². The van der Waals surface area contributed by atoms with E-state index in [9.17, 15) is 107 Å². The van der Waals surface area contributed by atoms with Crippen molar-refractivity contribution in [2.45, 2.75) is 42.2 Å². The molecule has 0 atom stereocenters. The average molecular weight is 1550 g/mol. The van der Waals surface area contributed by atoms with Gasteiger partial charge >= 0.3 is 260 Å². The molecule has 0 aromatic heterocycles. The Labute approximate surface area is 261 Å². The van der Waals surface area contributed by atoms with Crippen LogP contribution in [0, 0.1) is 5.41 Å². The van der Waals surface area contributed by atoms with E-state index >= 15 is 8.78 Å². The van der Waals surface area contributed by atoms with Crippen LogP contribution in [0.1, 0.15) is 0 Å². The molecule has 0 heterocycles. The van der Waals surface area contributed by atoms with Crippen molar-refractivity contribution in [2.24, 2.45) is 5.41 Å². The predicted molar refractivity (Wildman–Crippen MR) is 109 cm³/mol. The number of rotatable bonds is 14. The van der Waals surface area contributed by atoms with Gasteiger partial charge in [0.05, 0.1) is 0 Å². The number of ether oxygens (including phenoxy) is 4. The van der Waals surface area contributed by atoms with Gasteiger partial charge in [-0.1, -0.05) is 0 Å². The Morgan fingerprint density at radius 2 is 0.623 bits per heavy atom. The third-order valence-electron chi connectivity index (χ3n) is 5.08. The molecule has 0 radical (unpaired) electrons. The summed E-state index contributed by atoms with van der Waals surface area (Å²) in [6.45, 7) is -24.6. The van der Waals surface area contributed by atoms with Crippen molar-refractivity contribution in [3.63, 3.8) is 0 Å². The second-order valence-electron chi connectivity index (χ2n) is 8.61. The standard InChI is InChI=1S/C17H8F17O7.3CF2.3Cf/c18-11(14(23,24)25,15(26,27)28)8(12(19,16(29,30)31)17(32,33)34)9(13(20,21)22)41-4-10(1-38-5-35,2-39-6-36)3-40-7-37;3*2-1-3;;;/h1-4H2;;;;;;. The molecule has 53 heavy (non-hydrogen) atoms. The Kier molecular flexibility index (Phi) is 13.0. The third-order valence-corrected chi connectivity index (χ3v) is 9.33. The fraction of sp³-hybridized carbons (Fsp3) is 0.600. The number of hydrogen-bond acceptors (Lipinski definition) is 7. The van der Waals surface area contributed by atoms with Gasteiger partial charge in [-0.15, -0.1) is 0 Å². The van der Waals surface area contributed by atoms with Crippen LogP contribution >= 0.6 is 0 Å². The topological polar surface area (TPSA) is 88.1 Å². The fourth-order valence-corrected chi connectivity index (χ4v) is 5.40. The normalized spacial score (nSPS) is 13.1. The molecule has 0 amide bonds. The second-order valence-corrected chi connectivity index (χ2v) is 16.8. The number of carbonyl (C=O) groups excluding carboxylic acids is 3. The van der Waals surface area contributed by atoms with Crippen LogP contribution in [-0.4, -0.2) is 109 Å². The molecular weight excluding hydrogens is 1540 g/mol. The number of hydrogen-bond donors (Lipinski definition) is 0. The molecule has 0 aliphatic carbocycles. The van der Waals surface area contributed by atoms with Crippen LogP contribution in [-0.2, 0) is 18.9 Å². The molecular formula is C20H8Cf3F23O7. The molecule has 0 aliphatic rings. The molecule has 0 rings (SSSR count). The quantitative estimate of drug-likeness (QED) is 0.0986. The Bertz CT molecular complexity index is 1310. The van der Waals surface area contributed by atoms with Gasteiger partial charge in [-0.3, -0.25) is 0 Å². The van der Waals surface area contributed by atoms with Crippen molar-refractivity contribution >= 4 is 40.2 Å². The van der Waals surface area contributed by atoms with Gasteiger partial charge in [-0.25, -0.2) is 0 Å². The van der Waals surface area contributed by atoms with Crippen LogP contribution in [0.2, 0.25) is 0 Å². The summed E-state index contributed by atoms with van der Waals surface area (Å²) in [7, 11) is 0. The summed E-state index contributed by atoms with van der Waals surface area (Å²) in [5, 5.41) is 0. The summed E-state index contributed by atoms with van der Waals surface area (Å²) in [6.07, 6.45) is -41.5. The molecule has 321 valence electrons. The summed E-state index contributed by atoms with van der Waals surface area (Å²) >= 11 is 0. The second kappa shape index (κ2) is 15.1. The number of alkyl halides is 17. The molecule has 0 unspecified atom stereocenters. The molecule has 0 saturated carbocycles. The SMILES string of the molecule is O=[C](OCC(CO[C](=O)[Cf]=[C](F)F)(CO[C](=O)[Cf]=[C](F)F)COC(=C(C(F)(C(F)(F)F)C(F)(F)F)C(F)(C(F)(F)F)C(F)(F)F)C(F)(F)F)[Cf]=[C](F)F. The van der Waals surface area contributed by atoms with E-state index in [0.29, 0.717) is 0 Å². The van der Waals surface area contributed by atoms with Gasteiger partial charge in [0.25, 0.3) is 0 Å². The van der Waals surface area contributed by atoms with E-state index in [1.807, 2.05) is 0 Å². The summed E-state index contributed by atoms with van der Waals surface area (Å²) < 4.78 is 314. The summed E-state index contributed by atoms with van der Waals surface area (Å²) in [4.78, 5) is 35.1. The molecule has 0 saturated heterocycles. The molecule has 0 N–H and O–H groups in total. The number of halogens is 23. The van der Waals surface area contributed by atoms with Crippen LogP contribution in [0.3, 0.4) is 0 Å². The Hall–Kier alpha value is -7.05. The first-order chi connectivity index (χ1) is 23.4. The zero-order valence-electron chi connectivity index (χ0n) is 23.3. The first-order valence-corrected chi connectivity index (χ1v) is 19.2. The first-order valence-electron chi connectivity index (χ1n) is 11.3. The van der Waals surface area contributed by atoms with E-state index in [0.717, 1.165) is 0 Å². The minimum atomic E-state index is -8.68. The summed E-state index contributed by atoms with van der Waals surface area (Å²) in [5.41, 5.74) is -27.1. The summed E-state index contributed by atoms with van der Waals surface area (Å²) in [6, 6.07) is 0. The summed E-state index contributed by atoms with van der Waals surface area (Å²) in [5.74, 6) is -5.12. The van der Waals surface area contributed by atoms with Gasteiger partial charge in [0.1, 0.15) is 0 Å². The predicted octanol–water partition coefficient (Wildman–Crippen LogP) is 8.22. The van der Waals surface area contributed by atoms with Crippen molar-refractivity contribution in [1.29, 1.82) is 0 Å². The maximum atomic E-state index is 15.0. The van der Waals surface area contributed by atoms with Crippen LogP contribution in [0.4, 0.5) is 115 Å². The maximum absolute atomic E-state index is 15.0. The van der Waals surface area contributed by atoms with Crippen LogP contribution in [0.25, 0.3) is 0 Å². The monoisotopic (exact) mass is 1540 g/mol. The van der Waals surface area contributed by atoms with Gasteiger partial charge in [0.2, 0.25) is 0 Å². The van der Waals surface area contributed by atoms with Gasteiger partial charge in [-0.05, 0) is 0 Å². The first kappa shape index (κ1) is 45.9. The van der Waals surface area contributed by atoms with E-state index in [-0.39, 0.29) is 0 Å². The molecule has 0 bridgehead atoms. The van der Waals surface area contributed by atoms with E-state index < -0.39 is 126 Å². The van der Waals surface area contributed by atoms with E-state index in [1.165, 1.54) is 0 Å². The van der Waals surface area contributed by atoms with Gasteiger partial charge < -0.3 is 0 Å². The van der Waals surface area contributed by atoms with Gasteiger partial charge in [0.15, 0.2) is 0 Å². The van der Waals surface area contributed by atoms with Crippen molar-refractivity contribution in [1.82, 2.24) is 0 Å². The van der Waals surface area contributed by atoms with Crippen molar-refractivity contribution in [2.75, 3.05) is 26.4 Å². The van der Waals surface area contributed by atoms with Crippen LogP contribution in [0.15, 0.2) is 11.3 Å². The molecule has 0 aliphatic heterocycles. The zero-order valence-corrected chi connectivity index (χ0v) is 31.2. The number of carbonyl (C=O) groups is 3. The average Bonchev–Trinajstić information content (AvgIpc) is 2.90. The molecule has 33 heteroatoms. The van der Waals surface area contributed by atoms with E-state index in [1.54, 1.807) is 0 Å². The Morgan fingerprint density at radius 1 is 0.396 bits per heavy atom. The Morgan fingerprint density at radius 3 is 0.811 bits per heavy atom. The minimum absolute atomic E-state index is 2.17. The van der Waals surface area contributed by atoms with E-state index in [2.05, 4.69) is 18.9 Å². The zero-order chi connectivity index (χ0) is 42.4. The van der Waals surface area contributed by atoms with Crippen LogP contribution in [0.5, 0.6) is 0 Å². The van der Waals surface area contributed by atoms with Crippen molar-refractivity contribution in [3.8, 4) is 0 Å². The molecule has 0 spiro atoms. The molecule has 0 fully saturated rings.